The molecule has 112 valence electrons. The zero-order valence-electron chi connectivity index (χ0n) is 12.0. The number of methoxy groups -OCH3 is 1. The lowest BCUT2D eigenvalue weighted by Crippen LogP contribution is -2.40. The maximum absolute atomic E-state index is 12.7. The van der Waals surface area contributed by atoms with E-state index in [1.165, 1.54) is 0 Å². The van der Waals surface area contributed by atoms with Crippen LogP contribution in [0.3, 0.4) is 0 Å². The summed E-state index contributed by atoms with van der Waals surface area (Å²) in [6.07, 6.45) is 1.65. The molecule has 1 aromatic carbocycles. The van der Waals surface area contributed by atoms with Crippen LogP contribution in [0, 0.1) is 6.92 Å². The minimum atomic E-state index is -3.43. The van der Waals surface area contributed by atoms with Gasteiger partial charge in [-0.15, -0.1) is 0 Å². The molecule has 0 unspecified atom stereocenters. The fourth-order valence-electron chi connectivity index (χ4n) is 2.61. The van der Waals surface area contributed by atoms with Crippen LogP contribution in [0.5, 0.6) is 0 Å². The van der Waals surface area contributed by atoms with Crippen molar-refractivity contribution in [1.82, 2.24) is 4.31 Å². The van der Waals surface area contributed by atoms with Gasteiger partial charge in [0.25, 0.3) is 0 Å². The number of ether oxygens (including phenoxy) is 1. The first-order valence-corrected chi connectivity index (χ1v) is 8.26. The molecule has 1 saturated heterocycles. The molecule has 20 heavy (non-hydrogen) atoms. The van der Waals surface area contributed by atoms with Crippen molar-refractivity contribution in [2.45, 2.75) is 37.3 Å². The van der Waals surface area contributed by atoms with Gasteiger partial charge in [-0.2, -0.15) is 4.31 Å². The van der Waals surface area contributed by atoms with E-state index in [1.54, 1.807) is 23.5 Å². The van der Waals surface area contributed by atoms with Crippen molar-refractivity contribution in [2.75, 3.05) is 20.2 Å². The average Bonchev–Trinajstić information content (AvgIpc) is 2.47. The molecule has 1 aliphatic heterocycles. The molecule has 1 aliphatic rings. The van der Waals surface area contributed by atoms with E-state index in [0.717, 1.165) is 24.0 Å². The zero-order chi connectivity index (χ0) is 14.8. The Morgan fingerprint density at radius 3 is 2.55 bits per heavy atom. The van der Waals surface area contributed by atoms with Crippen LogP contribution in [0.25, 0.3) is 0 Å². The molecule has 0 radical (unpaired) electrons. The molecule has 0 bridgehead atoms. The van der Waals surface area contributed by atoms with Gasteiger partial charge in [0.1, 0.15) is 0 Å². The predicted octanol–water partition coefficient (Wildman–Crippen LogP) is 1.25. The molecule has 0 atom stereocenters. The lowest BCUT2D eigenvalue weighted by molar-refractivity contribution is 0.0604. The second-order valence-electron chi connectivity index (χ2n) is 5.08. The molecule has 6 heteroatoms. The summed E-state index contributed by atoms with van der Waals surface area (Å²) in [5.74, 6) is 0. The van der Waals surface area contributed by atoms with Crippen LogP contribution in [0.2, 0.25) is 0 Å². The molecule has 0 spiro atoms. The van der Waals surface area contributed by atoms with Crippen molar-refractivity contribution in [2.24, 2.45) is 5.73 Å². The second kappa shape index (κ2) is 6.22. The van der Waals surface area contributed by atoms with Crippen LogP contribution in [0.15, 0.2) is 23.1 Å². The SMILES string of the molecule is COC1CCN(S(=O)(=O)c2cccc(CN)c2C)CC1. The Morgan fingerprint density at radius 1 is 1.35 bits per heavy atom. The van der Waals surface area contributed by atoms with E-state index in [1.807, 2.05) is 13.0 Å². The van der Waals surface area contributed by atoms with E-state index < -0.39 is 10.0 Å². The van der Waals surface area contributed by atoms with E-state index >= 15 is 0 Å². The van der Waals surface area contributed by atoms with Crippen molar-refractivity contribution in [3.05, 3.63) is 29.3 Å². The van der Waals surface area contributed by atoms with E-state index in [0.29, 0.717) is 24.5 Å². The second-order valence-corrected chi connectivity index (χ2v) is 6.99. The standard InChI is InChI=1S/C14H22N2O3S/c1-11-12(10-15)4-3-5-14(11)20(17,18)16-8-6-13(19-2)7-9-16/h3-5,13H,6-10,15H2,1-2H3. The highest BCUT2D eigenvalue weighted by molar-refractivity contribution is 7.89. The van der Waals surface area contributed by atoms with Crippen LogP contribution >= 0.6 is 0 Å². The Morgan fingerprint density at radius 2 is 2.00 bits per heavy atom. The Kier molecular flexibility index (Phi) is 4.80. The maximum Gasteiger partial charge on any atom is 0.243 e. The van der Waals surface area contributed by atoms with E-state index in [9.17, 15) is 8.42 Å². The van der Waals surface area contributed by atoms with Gasteiger partial charge in [0.2, 0.25) is 10.0 Å². The minimum absolute atomic E-state index is 0.165. The van der Waals surface area contributed by atoms with Crippen LogP contribution in [-0.2, 0) is 21.3 Å². The van der Waals surface area contributed by atoms with Gasteiger partial charge in [0.05, 0.1) is 11.0 Å². The highest BCUT2D eigenvalue weighted by atomic mass is 32.2. The van der Waals surface area contributed by atoms with Crippen LogP contribution < -0.4 is 5.73 Å². The summed E-state index contributed by atoms with van der Waals surface area (Å²) in [6, 6.07) is 5.28. The third-order valence-corrected chi connectivity index (χ3v) is 6.01. The lowest BCUT2D eigenvalue weighted by atomic mass is 10.1. The largest absolute Gasteiger partial charge is 0.381 e. The number of piperidine rings is 1. The summed E-state index contributed by atoms with van der Waals surface area (Å²) in [4.78, 5) is 0.372. The number of benzene rings is 1. The number of nitrogens with zero attached hydrogens (tertiary/aromatic N) is 1. The Labute approximate surface area is 120 Å². The molecule has 1 fully saturated rings. The molecular weight excluding hydrogens is 276 g/mol. The van der Waals surface area contributed by atoms with Crippen molar-refractivity contribution < 1.29 is 13.2 Å². The van der Waals surface area contributed by atoms with Crippen molar-refractivity contribution >= 4 is 10.0 Å². The zero-order valence-corrected chi connectivity index (χ0v) is 12.8. The fraction of sp³-hybridized carbons (Fsp3) is 0.571. The normalized spacial score (nSPS) is 18.4. The third kappa shape index (κ3) is 2.88. The molecule has 1 aromatic rings. The number of hydrogen-bond acceptors (Lipinski definition) is 4. The summed E-state index contributed by atoms with van der Waals surface area (Å²) in [5.41, 5.74) is 7.28. The molecule has 0 saturated carbocycles. The number of nitrogens with two attached hydrogens (primary N) is 1. The molecule has 2 N–H and O–H groups in total. The quantitative estimate of drug-likeness (QED) is 0.908. The number of sulfonamides is 1. The van der Waals surface area contributed by atoms with Gasteiger partial charge in [0.15, 0.2) is 0 Å². The first-order chi connectivity index (χ1) is 9.50. The van der Waals surface area contributed by atoms with Gasteiger partial charge in [-0.3, -0.25) is 0 Å². The number of hydrogen-bond donors (Lipinski definition) is 1. The Hall–Kier alpha value is -0.950. The molecule has 0 amide bonds. The smallest absolute Gasteiger partial charge is 0.243 e. The van der Waals surface area contributed by atoms with E-state index in [-0.39, 0.29) is 6.10 Å². The third-order valence-electron chi connectivity index (χ3n) is 3.97. The van der Waals surface area contributed by atoms with Crippen molar-refractivity contribution in [3.8, 4) is 0 Å². The predicted molar refractivity (Wildman–Crippen MR) is 77.9 cm³/mol. The van der Waals surface area contributed by atoms with Gasteiger partial charge in [-0.1, -0.05) is 12.1 Å². The maximum atomic E-state index is 12.7. The summed E-state index contributed by atoms with van der Waals surface area (Å²) < 4.78 is 32.3. The fourth-order valence-corrected chi connectivity index (χ4v) is 4.35. The van der Waals surface area contributed by atoms with Crippen LogP contribution in [0.4, 0.5) is 0 Å². The van der Waals surface area contributed by atoms with Gasteiger partial charge >= 0.3 is 0 Å². The first kappa shape index (κ1) is 15.4. The van der Waals surface area contributed by atoms with Gasteiger partial charge in [-0.05, 0) is 37.0 Å². The Bertz CT molecular complexity index is 564. The Balaban J connectivity index is 2.27. The van der Waals surface area contributed by atoms with E-state index in [4.69, 9.17) is 10.5 Å². The van der Waals surface area contributed by atoms with E-state index in [2.05, 4.69) is 0 Å². The average molecular weight is 298 g/mol. The van der Waals surface area contributed by atoms with Crippen LogP contribution in [0.1, 0.15) is 24.0 Å². The number of rotatable bonds is 4. The van der Waals surface area contributed by atoms with Gasteiger partial charge in [0, 0.05) is 26.7 Å². The summed E-state index contributed by atoms with van der Waals surface area (Å²) in [7, 11) is -1.76. The summed E-state index contributed by atoms with van der Waals surface area (Å²) in [6.45, 7) is 3.18. The molecular formula is C14H22N2O3S. The topological polar surface area (TPSA) is 72.6 Å². The molecule has 0 aliphatic carbocycles. The van der Waals surface area contributed by atoms with Crippen molar-refractivity contribution in [3.63, 3.8) is 0 Å². The summed E-state index contributed by atoms with van der Waals surface area (Å²) >= 11 is 0. The monoisotopic (exact) mass is 298 g/mol. The minimum Gasteiger partial charge on any atom is -0.381 e. The molecule has 1 heterocycles. The summed E-state index contributed by atoms with van der Waals surface area (Å²) in [5, 5.41) is 0. The lowest BCUT2D eigenvalue weighted by Gasteiger charge is -2.31. The molecule has 5 nitrogen and oxygen atoms in total. The van der Waals surface area contributed by atoms with Crippen molar-refractivity contribution in [1.29, 1.82) is 0 Å². The molecule has 2 rings (SSSR count). The first-order valence-electron chi connectivity index (χ1n) is 6.82. The van der Waals surface area contributed by atoms with Crippen LogP contribution in [-0.4, -0.2) is 39.0 Å². The van der Waals surface area contributed by atoms with Gasteiger partial charge < -0.3 is 10.5 Å². The van der Waals surface area contributed by atoms with Gasteiger partial charge in [-0.25, -0.2) is 8.42 Å². The highest BCUT2D eigenvalue weighted by Crippen LogP contribution is 2.25. The highest BCUT2D eigenvalue weighted by Gasteiger charge is 2.30. The molecule has 0 aromatic heterocycles.